The molecule has 0 spiro atoms. The lowest BCUT2D eigenvalue weighted by Crippen LogP contribution is -2.50. The van der Waals surface area contributed by atoms with Crippen molar-refractivity contribution in [3.63, 3.8) is 0 Å². The average Bonchev–Trinajstić information content (AvgIpc) is 2.52. The van der Waals surface area contributed by atoms with Crippen molar-refractivity contribution in [3.8, 4) is 0 Å². The predicted molar refractivity (Wildman–Crippen MR) is 77.7 cm³/mol. The highest BCUT2D eigenvalue weighted by atomic mass is 19.4. The molecule has 1 saturated heterocycles. The Balaban J connectivity index is 2.21. The van der Waals surface area contributed by atoms with Gasteiger partial charge in [-0.2, -0.15) is 36.9 Å². The van der Waals surface area contributed by atoms with Gasteiger partial charge in [-0.1, -0.05) is 6.92 Å². The molecule has 11 heteroatoms. The molecule has 2 heterocycles. The molecule has 1 atom stereocenters. The Morgan fingerprint density at radius 1 is 1.04 bits per heavy atom. The lowest BCUT2D eigenvalue weighted by atomic mass is 10.2. The number of anilines is 2. The quantitative estimate of drug-likeness (QED) is 0.835. The van der Waals surface area contributed by atoms with Crippen molar-refractivity contribution in [1.82, 2.24) is 19.9 Å². The first-order valence-corrected chi connectivity index (χ1v) is 7.51. The van der Waals surface area contributed by atoms with E-state index in [2.05, 4.69) is 33.7 Å². The number of hydrogen-bond acceptors (Lipinski definition) is 6. The zero-order valence-corrected chi connectivity index (χ0v) is 13.3. The smallest absolute Gasteiger partial charge is 0.368 e. The number of nitrogens with zero attached hydrogens (tertiary/aromatic N) is 5. The van der Waals surface area contributed by atoms with Crippen LogP contribution in [0.5, 0.6) is 0 Å². The number of rotatable bonds is 4. The van der Waals surface area contributed by atoms with E-state index in [1.165, 1.54) is 4.90 Å². The number of nitrogen functional groups attached to an aromatic ring is 1. The van der Waals surface area contributed by atoms with Crippen molar-refractivity contribution in [2.24, 2.45) is 0 Å². The van der Waals surface area contributed by atoms with Gasteiger partial charge in [-0.25, -0.2) is 0 Å². The van der Waals surface area contributed by atoms with E-state index in [4.69, 9.17) is 5.73 Å². The minimum Gasteiger partial charge on any atom is -0.368 e. The van der Waals surface area contributed by atoms with Gasteiger partial charge < -0.3 is 10.6 Å². The summed E-state index contributed by atoms with van der Waals surface area (Å²) in [5.74, 6) is -7.78. The summed E-state index contributed by atoms with van der Waals surface area (Å²) in [5.41, 5.74) is 5.30. The van der Waals surface area contributed by atoms with Crippen molar-refractivity contribution < 1.29 is 22.0 Å². The second kappa shape index (κ2) is 6.61. The lowest BCUT2D eigenvalue weighted by Gasteiger charge is -2.37. The Morgan fingerprint density at radius 2 is 1.62 bits per heavy atom. The molecule has 136 valence electrons. The number of hydrogen-bond donors (Lipinski definition) is 1. The summed E-state index contributed by atoms with van der Waals surface area (Å²) in [4.78, 5) is 13.7. The first-order valence-electron chi connectivity index (χ1n) is 7.51. The molecule has 2 rings (SSSR count). The van der Waals surface area contributed by atoms with Crippen LogP contribution in [0.4, 0.5) is 33.8 Å². The topological polar surface area (TPSA) is 71.2 Å². The third kappa shape index (κ3) is 3.65. The SMILES string of the molecule is CCC(C)N1CCN(c2nc(N)nc(C(F)(F)C(F)(F)F)n2)CC1. The molecule has 24 heavy (non-hydrogen) atoms. The fourth-order valence-corrected chi connectivity index (χ4v) is 2.41. The first kappa shape index (κ1) is 18.6. The summed E-state index contributed by atoms with van der Waals surface area (Å²) in [6.45, 7) is 6.20. The summed E-state index contributed by atoms with van der Waals surface area (Å²) >= 11 is 0. The summed E-state index contributed by atoms with van der Waals surface area (Å²) in [7, 11) is 0. The molecule has 1 aromatic heterocycles. The minimum atomic E-state index is -5.80. The maximum Gasteiger partial charge on any atom is 0.461 e. The monoisotopic (exact) mass is 354 g/mol. The van der Waals surface area contributed by atoms with Crippen LogP contribution in [-0.4, -0.2) is 58.2 Å². The van der Waals surface area contributed by atoms with Gasteiger partial charge in [0, 0.05) is 32.2 Å². The Morgan fingerprint density at radius 3 is 2.12 bits per heavy atom. The van der Waals surface area contributed by atoms with Crippen LogP contribution < -0.4 is 10.6 Å². The van der Waals surface area contributed by atoms with Crippen LogP contribution in [0.25, 0.3) is 0 Å². The molecule has 2 N–H and O–H groups in total. The van der Waals surface area contributed by atoms with E-state index in [9.17, 15) is 22.0 Å². The van der Waals surface area contributed by atoms with E-state index in [0.717, 1.165) is 6.42 Å². The number of piperazine rings is 1. The van der Waals surface area contributed by atoms with Crippen molar-refractivity contribution in [1.29, 1.82) is 0 Å². The van der Waals surface area contributed by atoms with Crippen molar-refractivity contribution in [2.45, 2.75) is 38.4 Å². The average molecular weight is 354 g/mol. The van der Waals surface area contributed by atoms with E-state index in [1.807, 2.05) is 0 Å². The summed E-state index contributed by atoms with van der Waals surface area (Å²) in [6.07, 6.45) is -4.84. The highest BCUT2D eigenvalue weighted by Crippen LogP contribution is 2.42. The van der Waals surface area contributed by atoms with E-state index in [1.54, 1.807) is 0 Å². The molecular weight excluding hydrogens is 335 g/mol. The van der Waals surface area contributed by atoms with Crippen LogP contribution in [0.2, 0.25) is 0 Å². The second-order valence-corrected chi connectivity index (χ2v) is 5.67. The van der Waals surface area contributed by atoms with Gasteiger partial charge in [-0.3, -0.25) is 4.90 Å². The molecular formula is C13H19F5N6. The Labute approximate surface area is 135 Å². The van der Waals surface area contributed by atoms with Crippen LogP contribution >= 0.6 is 0 Å². The summed E-state index contributed by atoms with van der Waals surface area (Å²) < 4.78 is 64.4. The Kier molecular flexibility index (Phi) is 5.11. The molecule has 1 aliphatic heterocycles. The van der Waals surface area contributed by atoms with Gasteiger partial charge in [0.1, 0.15) is 0 Å². The Bertz CT molecular complexity index is 570. The van der Waals surface area contributed by atoms with Crippen LogP contribution in [0.15, 0.2) is 0 Å². The highest BCUT2D eigenvalue weighted by molar-refractivity contribution is 5.36. The number of alkyl halides is 5. The fraction of sp³-hybridized carbons (Fsp3) is 0.769. The summed E-state index contributed by atoms with van der Waals surface area (Å²) in [6, 6.07) is 0.362. The zero-order chi connectivity index (χ0) is 18.1. The van der Waals surface area contributed by atoms with Crippen LogP contribution in [0.3, 0.4) is 0 Å². The second-order valence-electron chi connectivity index (χ2n) is 5.67. The van der Waals surface area contributed by atoms with Gasteiger partial charge >= 0.3 is 12.1 Å². The van der Waals surface area contributed by atoms with Crippen molar-refractivity contribution in [3.05, 3.63) is 5.82 Å². The van der Waals surface area contributed by atoms with Gasteiger partial charge in [0.25, 0.3) is 0 Å². The summed E-state index contributed by atoms with van der Waals surface area (Å²) in [5, 5.41) is 0. The first-order chi connectivity index (χ1) is 11.1. The predicted octanol–water partition coefficient (Wildman–Crippen LogP) is 2.03. The zero-order valence-electron chi connectivity index (χ0n) is 13.3. The van der Waals surface area contributed by atoms with Gasteiger partial charge in [0.15, 0.2) is 0 Å². The van der Waals surface area contributed by atoms with Crippen molar-refractivity contribution >= 4 is 11.9 Å². The molecule has 0 saturated carbocycles. The lowest BCUT2D eigenvalue weighted by molar-refractivity contribution is -0.292. The number of aromatic nitrogens is 3. The van der Waals surface area contributed by atoms with Gasteiger partial charge in [-0.15, -0.1) is 0 Å². The molecule has 0 amide bonds. The molecule has 1 fully saturated rings. The van der Waals surface area contributed by atoms with E-state index in [0.29, 0.717) is 32.2 Å². The number of halogens is 5. The maximum absolute atomic E-state index is 13.4. The standard InChI is InChI=1S/C13H19F5N6/c1-3-8(2)23-4-6-24(7-5-23)11-21-9(20-10(19)22-11)12(14,15)13(16,17)18/h8H,3-7H2,1-2H3,(H2,19,20,21,22). The number of nitrogens with two attached hydrogens (primary N) is 1. The highest BCUT2D eigenvalue weighted by Gasteiger charge is 2.61. The molecule has 1 unspecified atom stereocenters. The molecule has 1 aromatic rings. The van der Waals surface area contributed by atoms with E-state index < -0.39 is 23.9 Å². The molecule has 0 aromatic carbocycles. The van der Waals surface area contributed by atoms with Gasteiger partial charge in [0.05, 0.1) is 0 Å². The maximum atomic E-state index is 13.4. The van der Waals surface area contributed by atoms with Crippen molar-refractivity contribution in [2.75, 3.05) is 36.8 Å². The fourth-order valence-electron chi connectivity index (χ4n) is 2.41. The molecule has 0 bridgehead atoms. The van der Waals surface area contributed by atoms with Crippen LogP contribution in [0, 0.1) is 0 Å². The van der Waals surface area contributed by atoms with Crippen LogP contribution in [-0.2, 0) is 5.92 Å². The molecule has 0 aliphatic carbocycles. The van der Waals surface area contributed by atoms with Crippen LogP contribution in [0.1, 0.15) is 26.1 Å². The van der Waals surface area contributed by atoms with E-state index >= 15 is 0 Å². The van der Waals surface area contributed by atoms with E-state index in [-0.39, 0.29) is 5.95 Å². The van der Waals surface area contributed by atoms with Gasteiger partial charge in [0.2, 0.25) is 17.7 Å². The largest absolute Gasteiger partial charge is 0.461 e. The van der Waals surface area contributed by atoms with Gasteiger partial charge in [-0.05, 0) is 13.3 Å². The molecule has 1 aliphatic rings. The molecule has 0 radical (unpaired) electrons. The molecule has 6 nitrogen and oxygen atoms in total. The normalized spacial score (nSPS) is 18.7. The third-order valence-corrected chi connectivity index (χ3v) is 4.09. The minimum absolute atomic E-state index is 0.259. The third-order valence-electron chi connectivity index (χ3n) is 4.09. The Hall–Kier alpha value is -1.78.